The van der Waals surface area contributed by atoms with E-state index < -0.39 is 0 Å². The molecular formula is C14H22O4. The number of ether oxygens (including phenoxy) is 4. The fraction of sp³-hybridized carbons (Fsp3) is 0.571. The molecule has 0 radical (unpaired) electrons. The zero-order chi connectivity index (χ0) is 13.4. The summed E-state index contributed by atoms with van der Waals surface area (Å²) in [5, 5.41) is 0. The SMILES string of the molecule is CCC(C)c1ccc(OCOC)c(OCOC)c1. The van der Waals surface area contributed by atoms with Crippen molar-refractivity contribution in [1.82, 2.24) is 0 Å². The second-order valence-corrected chi connectivity index (χ2v) is 4.12. The molecule has 0 N–H and O–H groups in total. The summed E-state index contributed by atoms with van der Waals surface area (Å²) in [6.07, 6.45) is 1.09. The van der Waals surface area contributed by atoms with E-state index in [0.29, 0.717) is 17.4 Å². The van der Waals surface area contributed by atoms with Crippen LogP contribution in [-0.4, -0.2) is 27.8 Å². The van der Waals surface area contributed by atoms with Gasteiger partial charge in [0.2, 0.25) is 0 Å². The zero-order valence-electron chi connectivity index (χ0n) is 11.6. The van der Waals surface area contributed by atoms with Crippen LogP contribution in [0.25, 0.3) is 0 Å². The molecule has 0 spiro atoms. The van der Waals surface area contributed by atoms with Crippen LogP contribution >= 0.6 is 0 Å². The minimum atomic E-state index is 0.200. The Morgan fingerprint density at radius 1 is 1.00 bits per heavy atom. The van der Waals surface area contributed by atoms with Crippen molar-refractivity contribution in [3.05, 3.63) is 23.8 Å². The summed E-state index contributed by atoms with van der Waals surface area (Å²) < 4.78 is 20.8. The lowest BCUT2D eigenvalue weighted by Gasteiger charge is -2.15. The molecule has 0 aliphatic carbocycles. The molecule has 0 saturated heterocycles. The van der Waals surface area contributed by atoms with Crippen LogP contribution in [0.2, 0.25) is 0 Å². The van der Waals surface area contributed by atoms with Crippen molar-refractivity contribution >= 4 is 0 Å². The van der Waals surface area contributed by atoms with E-state index in [2.05, 4.69) is 19.9 Å². The van der Waals surface area contributed by atoms with Gasteiger partial charge in [-0.1, -0.05) is 19.9 Å². The van der Waals surface area contributed by atoms with Gasteiger partial charge >= 0.3 is 0 Å². The van der Waals surface area contributed by atoms with Crippen molar-refractivity contribution in [2.45, 2.75) is 26.2 Å². The first-order valence-electron chi connectivity index (χ1n) is 6.10. The quantitative estimate of drug-likeness (QED) is 0.668. The molecule has 0 amide bonds. The predicted molar refractivity (Wildman–Crippen MR) is 70.2 cm³/mol. The van der Waals surface area contributed by atoms with Gasteiger partial charge < -0.3 is 18.9 Å². The Kier molecular flexibility index (Phi) is 6.54. The molecule has 1 atom stereocenters. The highest BCUT2D eigenvalue weighted by Gasteiger charge is 2.10. The second kappa shape index (κ2) is 7.95. The van der Waals surface area contributed by atoms with E-state index >= 15 is 0 Å². The molecule has 0 aromatic heterocycles. The maximum atomic E-state index is 5.52. The minimum absolute atomic E-state index is 0.200. The topological polar surface area (TPSA) is 36.9 Å². The van der Waals surface area contributed by atoms with Crippen molar-refractivity contribution in [1.29, 1.82) is 0 Å². The Hall–Kier alpha value is -1.26. The van der Waals surface area contributed by atoms with Crippen LogP contribution in [0.15, 0.2) is 18.2 Å². The molecule has 0 heterocycles. The summed E-state index contributed by atoms with van der Waals surface area (Å²) in [5.74, 6) is 1.85. The fourth-order valence-electron chi connectivity index (χ4n) is 1.54. The summed E-state index contributed by atoms with van der Waals surface area (Å²) in [7, 11) is 3.18. The van der Waals surface area contributed by atoms with Gasteiger partial charge in [-0.05, 0) is 30.0 Å². The molecule has 18 heavy (non-hydrogen) atoms. The Labute approximate surface area is 109 Å². The van der Waals surface area contributed by atoms with Gasteiger partial charge in [0.15, 0.2) is 25.1 Å². The number of methoxy groups -OCH3 is 2. The van der Waals surface area contributed by atoms with E-state index in [0.717, 1.165) is 6.42 Å². The van der Waals surface area contributed by atoms with Gasteiger partial charge in [-0.25, -0.2) is 0 Å². The molecule has 1 aromatic carbocycles. The van der Waals surface area contributed by atoms with Gasteiger partial charge in [0.05, 0.1) is 0 Å². The van der Waals surface area contributed by atoms with Crippen LogP contribution in [-0.2, 0) is 9.47 Å². The molecule has 0 bridgehead atoms. The molecule has 1 aromatic rings. The lowest BCUT2D eigenvalue weighted by Crippen LogP contribution is -2.05. The monoisotopic (exact) mass is 254 g/mol. The van der Waals surface area contributed by atoms with Crippen LogP contribution in [0.1, 0.15) is 31.7 Å². The maximum absolute atomic E-state index is 5.52. The Bertz CT molecular complexity index is 352. The van der Waals surface area contributed by atoms with Crippen LogP contribution in [0, 0.1) is 0 Å². The van der Waals surface area contributed by atoms with E-state index in [1.54, 1.807) is 14.2 Å². The summed E-state index contributed by atoms with van der Waals surface area (Å²) in [5.41, 5.74) is 1.23. The average Bonchev–Trinajstić information content (AvgIpc) is 2.42. The van der Waals surface area contributed by atoms with Gasteiger partial charge in [-0.2, -0.15) is 0 Å². The lowest BCUT2D eigenvalue weighted by atomic mass is 9.98. The Morgan fingerprint density at radius 2 is 1.61 bits per heavy atom. The van der Waals surface area contributed by atoms with Gasteiger partial charge in [0.25, 0.3) is 0 Å². The van der Waals surface area contributed by atoms with Gasteiger partial charge in [-0.15, -0.1) is 0 Å². The van der Waals surface area contributed by atoms with Crippen molar-refractivity contribution in [2.24, 2.45) is 0 Å². The smallest absolute Gasteiger partial charge is 0.188 e. The minimum Gasteiger partial charge on any atom is -0.464 e. The average molecular weight is 254 g/mol. The molecular weight excluding hydrogens is 232 g/mol. The molecule has 0 aliphatic rings. The molecule has 4 nitrogen and oxygen atoms in total. The van der Waals surface area contributed by atoms with Gasteiger partial charge in [0, 0.05) is 14.2 Å². The molecule has 102 valence electrons. The highest BCUT2D eigenvalue weighted by Crippen LogP contribution is 2.32. The molecule has 0 fully saturated rings. The Balaban J connectivity index is 2.88. The van der Waals surface area contributed by atoms with Crippen molar-refractivity contribution in [2.75, 3.05) is 27.8 Å². The standard InChI is InChI=1S/C14H22O4/c1-5-11(2)12-6-7-13(17-9-15-3)14(8-12)18-10-16-4/h6-8,11H,5,9-10H2,1-4H3. The van der Waals surface area contributed by atoms with E-state index in [1.165, 1.54) is 5.56 Å². The predicted octanol–water partition coefficient (Wildman–Crippen LogP) is 3.17. The molecule has 4 heteroatoms. The van der Waals surface area contributed by atoms with E-state index in [9.17, 15) is 0 Å². The third kappa shape index (κ3) is 4.20. The maximum Gasteiger partial charge on any atom is 0.188 e. The Morgan fingerprint density at radius 3 is 2.17 bits per heavy atom. The zero-order valence-corrected chi connectivity index (χ0v) is 11.6. The van der Waals surface area contributed by atoms with Crippen molar-refractivity contribution in [3.8, 4) is 11.5 Å². The summed E-state index contributed by atoms with van der Waals surface area (Å²) >= 11 is 0. The highest BCUT2D eigenvalue weighted by atomic mass is 16.7. The van der Waals surface area contributed by atoms with Gasteiger partial charge in [0.1, 0.15) is 0 Å². The highest BCUT2D eigenvalue weighted by molar-refractivity contribution is 5.43. The number of rotatable bonds is 8. The summed E-state index contributed by atoms with van der Waals surface area (Å²) in [6, 6.07) is 5.96. The summed E-state index contributed by atoms with van der Waals surface area (Å²) in [4.78, 5) is 0. The molecule has 0 saturated carbocycles. The fourth-order valence-corrected chi connectivity index (χ4v) is 1.54. The second-order valence-electron chi connectivity index (χ2n) is 4.12. The van der Waals surface area contributed by atoms with Crippen LogP contribution in [0.3, 0.4) is 0 Å². The van der Waals surface area contributed by atoms with Gasteiger partial charge in [-0.3, -0.25) is 0 Å². The van der Waals surface area contributed by atoms with Crippen LogP contribution < -0.4 is 9.47 Å². The number of hydrogen-bond acceptors (Lipinski definition) is 4. The normalized spacial score (nSPS) is 12.2. The third-order valence-electron chi connectivity index (χ3n) is 2.81. The van der Waals surface area contributed by atoms with Crippen molar-refractivity contribution in [3.63, 3.8) is 0 Å². The number of benzene rings is 1. The van der Waals surface area contributed by atoms with Crippen LogP contribution in [0.5, 0.6) is 11.5 Å². The molecule has 0 aliphatic heterocycles. The third-order valence-corrected chi connectivity index (χ3v) is 2.81. The van der Waals surface area contributed by atoms with E-state index in [4.69, 9.17) is 18.9 Å². The first-order chi connectivity index (χ1) is 8.72. The van der Waals surface area contributed by atoms with Crippen molar-refractivity contribution < 1.29 is 18.9 Å². The van der Waals surface area contributed by atoms with Crippen LogP contribution in [0.4, 0.5) is 0 Å². The lowest BCUT2D eigenvalue weighted by molar-refractivity contribution is 0.0322. The molecule has 1 unspecified atom stereocenters. The largest absolute Gasteiger partial charge is 0.464 e. The first kappa shape index (κ1) is 14.8. The first-order valence-corrected chi connectivity index (χ1v) is 6.10. The summed E-state index contributed by atoms with van der Waals surface area (Å²) in [6.45, 7) is 4.75. The van der Waals surface area contributed by atoms with E-state index in [-0.39, 0.29) is 13.6 Å². The molecule has 1 rings (SSSR count). The number of hydrogen-bond donors (Lipinski definition) is 0. The van der Waals surface area contributed by atoms with E-state index in [1.807, 2.05) is 12.1 Å².